The van der Waals surface area contributed by atoms with Crippen molar-refractivity contribution in [2.24, 2.45) is 28.6 Å². The van der Waals surface area contributed by atoms with Crippen LogP contribution in [0, 0.1) is 28.6 Å². The molecule has 0 aromatic rings. The number of ketones is 2. The molecule has 0 aromatic heterocycles. The van der Waals surface area contributed by atoms with Crippen LogP contribution in [0.1, 0.15) is 78.6 Å². The lowest BCUT2D eigenvalue weighted by Crippen LogP contribution is -2.53. The fourth-order valence-corrected chi connectivity index (χ4v) is 6.69. The minimum Gasteiger partial charge on any atom is -0.462 e. The van der Waals surface area contributed by atoms with E-state index in [0.717, 1.165) is 38.5 Å². The Balaban J connectivity index is 1.59. The molecule has 148 valence electrons. The highest BCUT2D eigenvalue weighted by atomic mass is 16.5. The van der Waals surface area contributed by atoms with Gasteiger partial charge in [0.15, 0.2) is 5.78 Å². The summed E-state index contributed by atoms with van der Waals surface area (Å²) >= 11 is 0. The second-order valence-corrected chi connectivity index (χ2v) is 9.75. The maximum absolute atomic E-state index is 13.2. The molecule has 0 amide bonds. The van der Waals surface area contributed by atoms with Gasteiger partial charge in [-0.3, -0.25) is 14.4 Å². The maximum Gasteiger partial charge on any atom is 0.306 e. The molecule has 4 heteroatoms. The van der Waals surface area contributed by atoms with E-state index in [1.54, 1.807) is 0 Å². The van der Waals surface area contributed by atoms with Crippen molar-refractivity contribution in [3.8, 4) is 0 Å². The number of hydrogen-bond donors (Lipinski definition) is 0. The zero-order valence-electron chi connectivity index (χ0n) is 16.9. The summed E-state index contributed by atoms with van der Waals surface area (Å²) in [5.74, 6) is 1.02. The average Bonchev–Trinajstić information content (AvgIpc) is 2.92. The van der Waals surface area contributed by atoms with Crippen molar-refractivity contribution in [1.29, 1.82) is 0 Å². The quantitative estimate of drug-likeness (QED) is 0.689. The van der Waals surface area contributed by atoms with Crippen LogP contribution in [0.25, 0.3) is 0 Å². The Kier molecular flexibility index (Phi) is 4.59. The predicted octanol–water partition coefficient (Wildman–Crippen LogP) is 4.41. The lowest BCUT2D eigenvalue weighted by Gasteiger charge is -2.56. The third-order valence-electron chi connectivity index (χ3n) is 8.36. The van der Waals surface area contributed by atoms with Gasteiger partial charge in [0.25, 0.3) is 0 Å². The summed E-state index contributed by atoms with van der Waals surface area (Å²) in [6.45, 7) is 6.39. The molecule has 0 spiro atoms. The van der Waals surface area contributed by atoms with Crippen LogP contribution in [0.15, 0.2) is 11.6 Å². The third kappa shape index (κ3) is 2.82. The zero-order chi connectivity index (χ0) is 19.4. The number of hydrogen-bond acceptors (Lipinski definition) is 4. The number of allylic oxidation sites excluding steroid dienone is 1. The highest BCUT2D eigenvalue weighted by molar-refractivity contribution is 5.96. The lowest BCUT2D eigenvalue weighted by atomic mass is 9.48. The molecule has 0 saturated heterocycles. The Bertz CT molecular complexity index is 707. The molecule has 4 aliphatic rings. The molecule has 3 fully saturated rings. The van der Waals surface area contributed by atoms with Crippen molar-refractivity contribution in [3.63, 3.8) is 0 Å². The summed E-state index contributed by atoms with van der Waals surface area (Å²) in [6.07, 6.45) is 8.98. The Morgan fingerprint density at radius 2 is 1.81 bits per heavy atom. The maximum atomic E-state index is 13.2. The molecule has 3 unspecified atom stereocenters. The normalized spacial score (nSPS) is 43.4. The molecule has 27 heavy (non-hydrogen) atoms. The van der Waals surface area contributed by atoms with E-state index < -0.39 is 0 Å². The Labute approximate surface area is 162 Å². The molecule has 4 rings (SSSR count). The van der Waals surface area contributed by atoms with Crippen LogP contribution in [0.2, 0.25) is 0 Å². The topological polar surface area (TPSA) is 60.4 Å². The minimum atomic E-state index is -0.286. The number of ether oxygens (including phenoxy) is 1. The van der Waals surface area contributed by atoms with Crippen LogP contribution < -0.4 is 0 Å². The van der Waals surface area contributed by atoms with Gasteiger partial charge in [-0.1, -0.05) is 26.3 Å². The van der Waals surface area contributed by atoms with Gasteiger partial charge in [-0.05, 0) is 61.9 Å². The molecule has 6 atom stereocenters. The Morgan fingerprint density at radius 3 is 2.56 bits per heavy atom. The number of fused-ring (bicyclic) bond motifs is 5. The highest BCUT2D eigenvalue weighted by Gasteiger charge is 2.61. The van der Waals surface area contributed by atoms with E-state index in [-0.39, 0.29) is 40.5 Å². The minimum absolute atomic E-state index is 0.00291. The zero-order valence-corrected chi connectivity index (χ0v) is 16.9. The van der Waals surface area contributed by atoms with Gasteiger partial charge in [-0.25, -0.2) is 0 Å². The predicted molar refractivity (Wildman–Crippen MR) is 102 cm³/mol. The van der Waals surface area contributed by atoms with E-state index in [1.807, 2.05) is 13.0 Å². The molecule has 0 aliphatic heterocycles. The first-order chi connectivity index (χ1) is 12.8. The Hall–Kier alpha value is -1.45. The molecular formula is C23H32O4. The van der Waals surface area contributed by atoms with E-state index in [2.05, 4.69) is 13.8 Å². The van der Waals surface area contributed by atoms with Crippen molar-refractivity contribution in [2.75, 3.05) is 0 Å². The Morgan fingerprint density at radius 1 is 1.11 bits per heavy atom. The molecule has 3 saturated carbocycles. The summed E-state index contributed by atoms with van der Waals surface area (Å²) in [7, 11) is 0. The van der Waals surface area contributed by atoms with Gasteiger partial charge in [-0.15, -0.1) is 0 Å². The van der Waals surface area contributed by atoms with E-state index in [0.29, 0.717) is 31.0 Å². The van der Waals surface area contributed by atoms with Crippen LogP contribution in [0.3, 0.4) is 0 Å². The molecule has 0 aromatic carbocycles. The van der Waals surface area contributed by atoms with Crippen molar-refractivity contribution >= 4 is 17.5 Å². The van der Waals surface area contributed by atoms with Gasteiger partial charge in [0, 0.05) is 30.6 Å². The molecular weight excluding hydrogens is 340 g/mol. The monoisotopic (exact) mass is 372 g/mol. The van der Waals surface area contributed by atoms with Crippen LogP contribution in [0.4, 0.5) is 0 Å². The summed E-state index contributed by atoms with van der Waals surface area (Å²) in [5.41, 5.74) is 0.909. The van der Waals surface area contributed by atoms with Crippen molar-refractivity contribution in [3.05, 3.63) is 11.6 Å². The first-order valence-corrected chi connectivity index (χ1v) is 10.8. The summed E-state index contributed by atoms with van der Waals surface area (Å²) < 4.78 is 5.66. The highest BCUT2D eigenvalue weighted by Crippen LogP contribution is 2.63. The summed E-state index contributed by atoms with van der Waals surface area (Å²) in [6, 6.07) is 0. The lowest BCUT2D eigenvalue weighted by molar-refractivity contribution is -0.151. The summed E-state index contributed by atoms with van der Waals surface area (Å²) in [5, 5.41) is 0. The van der Waals surface area contributed by atoms with Gasteiger partial charge in [0.2, 0.25) is 0 Å². The molecule has 4 aliphatic carbocycles. The van der Waals surface area contributed by atoms with Gasteiger partial charge < -0.3 is 4.74 Å². The molecule has 0 N–H and O–H groups in total. The number of carbonyl (C=O) groups excluding carboxylic acids is 3. The first kappa shape index (κ1) is 18.9. The largest absolute Gasteiger partial charge is 0.462 e. The van der Waals surface area contributed by atoms with Gasteiger partial charge in [-0.2, -0.15) is 0 Å². The third-order valence-corrected chi connectivity index (χ3v) is 8.36. The van der Waals surface area contributed by atoms with E-state index >= 15 is 0 Å². The number of esters is 1. The SMILES string of the molecule is CCCC(=O)O[C@H]1CC[C@@]2(C)C(=CC(=O)C3C2CC[C@]2(C)C(=O)CCC32)C1. The summed E-state index contributed by atoms with van der Waals surface area (Å²) in [4.78, 5) is 37.5. The number of rotatable bonds is 3. The van der Waals surface area contributed by atoms with Crippen LogP contribution in [-0.4, -0.2) is 23.6 Å². The van der Waals surface area contributed by atoms with E-state index in [1.165, 1.54) is 5.57 Å². The second-order valence-electron chi connectivity index (χ2n) is 9.75. The molecule has 0 heterocycles. The van der Waals surface area contributed by atoms with Crippen molar-refractivity contribution in [2.45, 2.75) is 84.7 Å². The van der Waals surface area contributed by atoms with E-state index in [9.17, 15) is 14.4 Å². The molecule has 0 radical (unpaired) electrons. The standard InChI is InChI=1S/C23H32O4/c1-4-5-20(26)27-15-8-10-22(2)14(12-15)13-18(24)21-16-6-7-19(25)23(16,3)11-9-17(21)22/h13,15-17,21H,4-12H2,1-3H3/t15-,16?,17?,21?,22-,23-/m0/s1. The first-order valence-electron chi connectivity index (χ1n) is 10.8. The van der Waals surface area contributed by atoms with Crippen LogP contribution >= 0.6 is 0 Å². The average molecular weight is 373 g/mol. The second kappa shape index (κ2) is 6.56. The number of carbonyl (C=O) groups is 3. The fraction of sp³-hybridized carbons (Fsp3) is 0.783. The molecule has 4 nitrogen and oxygen atoms in total. The van der Waals surface area contributed by atoms with Gasteiger partial charge in [0.05, 0.1) is 0 Å². The van der Waals surface area contributed by atoms with Crippen LogP contribution in [0.5, 0.6) is 0 Å². The smallest absolute Gasteiger partial charge is 0.306 e. The fourth-order valence-electron chi connectivity index (χ4n) is 6.69. The van der Waals surface area contributed by atoms with E-state index in [4.69, 9.17) is 4.74 Å². The van der Waals surface area contributed by atoms with Crippen molar-refractivity contribution in [1.82, 2.24) is 0 Å². The number of Topliss-reactive ketones (excluding diaryl/α,β-unsaturated/α-hetero) is 1. The van der Waals surface area contributed by atoms with Crippen molar-refractivity contribution < 1.29 is 19.1 Å². The van der Waals surface area contributed by atoms with Gasteiger partial charge in [0.1, 0.15) is 11.9 Å². The van der Waals surface area contributed by atoms with Gasteiger partial charge >= 0.3 is 5.97 Å². The van der Waals surface area contributed by atoms with Crippen LogP contribution in [-0.2, 0) is 19.1 Å². The molecule has 0 bridgehead atoms.